The zero-order chi connectivity index (χ0) is 19.2. The number of nitrogens with zero attached hydrogens (tertiary/aromatic N) is 2. The van der Waals surface area contributed by atoms with Crippen molar-refractivity contribution in [2.24, 2.45) is 0 Å². The van der Waals surface area contributed by atoms with Gasteiger partial charge in [-0.25, -0.2) is 8.42 Å². The second-order valence-corrected chi connectivity index (χ2v) is 9.17. The van der Waals surface area contributed by atoms with Crippen molar-refractivity contribution in [1.29, 1.82) is 0 Å². The predicted octanol–water partition coefficient (Wildman–Crippen LogP) is 3.77. The summed E-state index contributed by atoms with van der Waals surface area (Å²) in [6, 6.07) is 18.3. The number of rotatable bonds is 4. The number of benzene rings is 3. The number of hydrogen-bond donors (Lipinski definition) is 0. The summed E-state index contributed by atoms with van der Waals surface area (Å²) in [5, 5.41) is 1.53. The van der Waals surface area contributed by atoms with Crippen LogP contribution in [0.3, 0.4) is 0 Å². The van der Waals surface area contributed by atoms with Crippen LogP contribution in [-0.2, 0) is 21.4 Å². The third-order valence-corrected chi connectivity index (χ3v) is 7.33. The van der Waals surface area contributed by atoms with E-state index < -0.39 is 10.0 Å². The van der Waals surface area contributed by atoms with Crippen molar-refractivity contribution >= 4 is 48.3 Å². The van der Waals surface area contributed by atoms with Gasteiger partial charge in [-0.15, -0.1) is 0 Å². The van der Waals surface area contributed by atoms with Crippen molar-refractivity contribution in [2.45, 2.75) is 11.4 Å². The highest BCUT2D eigenvalue weighted by Gasteiger charge is 2.37. The average Bonchev–Trinajstić information content (AvgIpc) is 2.87. The highest BCUT2D eigenvalue weighted by molar-refractivity contribution is 9.10. The Kier molecular flexibility index (Phi) is 4.44. The molecule has 4 rings (SSSR count). The molecule has 3 aromatic carbocycles. The summed E-state index contributed by atoms with van der Waals surface area (Å²) in [7, 11) is -2.05. The third kappa shape index (κ3) is 3.00. The van der Waals surface area contributed by atoms with Crippen LogP contribution in [0.5, 0.6) is 0 Å². The predicted molar refractivity (Wildman–Crippen MR) is 109 cm³/mol. The van der Waals surface area contributed by atoms with Gasteiger partial charge in [0.2, 0.25) is 5.91 Å². The van der Waals surface area contributed by atoms with E-state index in [1.54, 1.807) is 30.1 Å². The molecule has 0 fully saturated rings. The van der Waals surface area contributed by atoms with Crippen LogP contribution in [0.1, 0.15) is 5.56 Å². The Balaban J connectivity index is 1.62. The topological polar surface area (TPSA) is 57.7 Å². The first-order valence-electron chi connectivity index (χ1n) is 8.41. The van der Waals surface area contributed by atoms with Crippen LogP contribution < -0.4 is 4.31 Å². The van der Waals surface area contributed by atoms with Crippen LogP contribution in [-0.4, -0.2) is 32.8 Å². The molecule has 1 heterocycles. The molecule has 27 heavy (non-hydrogen) atoms. The minimum absolute atomic E-state index is 0.225. The van der Waals surface area contributed by atoms with Gasteiger partial charge in [0.1, 0.15) is 6.54 Å². The Labute approximate surface area is 166 Å². The van der Waals surface area contributed by atoms with Crippen molar-refractivity contribution in [1.82, 2.24) is 4.90 Å². The zero-order valence-corrected chi connectivity index (χ0v) is 17.0. The van der Waals surface area contributed by atoms with Crippen LogP contribution in [0, 0.1) is 0 Å². The van der Waals surface area contributed by atoms with E-state index in [9.17, 15) is 13.2 Å². The van der Waals surface area contributed by atoms with Gasteiger partial charge in [-0.1, -0.05) is 58.4 Å². The van der Waals surface area contributed by atoms with Gasteiger partial charge < -0.3 is 4.90 Å². The lowest BCUT2D eigenvalue weighted by atomic mass is 10.1. The van der Waals surface area contributed by atoms with Gasteiger partial charge in [-0.05, 0) is 29.1 Å². The molecule has 138 valence electrons. The van der Waals surface area contributed by atoms with Gasteiger partial charge in [0.15, 0.2) is 0 Å². The molecule has 0 bridgehead atoms. The summed E-state index contributed by atoms with van der Waals surface area (Å²) in [5.41, 5.74) is 1.52. The highest BCUT2D eigenvalue weighted by atomic mass is 79.9. The van der Waals surface area contributed by atoms with Crippen molar-refractivity contribution in [3.05, 3.63) is 70.7 Å². The van der Waals surface area contributed by atoms with Crippen LogP contribution in [0.4, 0.5) is 5.69 Å². The van der Waals surface area contributed by atoms with E-state index in [1.165, 1.54) is 4.31 Å². The van der Waals surface area contributed by atoms with Crippen LogP contribution in [0.2, 0.25) is 0 Å². The summed E-state index contributed by atoms with van der Waals surface area (Å²) in [4.78, 5) is 14.6. The molecule has 7 heteroatoms. The van der Waals surface area contributed by atoms with Crippen LogP contribution in [0.15, 0.2) is 70.0 Å². The van der Waals surface area contributed by atoms with Gasteiger partial charge in [0.25, 0.3) is 10.0 Å². The molecule has 3 aromatic rings. The van der Waals surface area contributed by atoms with E-state index in [0.29, 0.717) is 17.6 Å². The lowest BCUT2D eigenvalue weighted by molar-refractivity contribution is -0.128. The highest BCUT2D eigenvalue weighted by Crippen LogP contribution is 2.41. The number of halogens is 1. The molecule has 5 nitrogen and oxygen atoms in total. The van der Waals surface area contributed by atoms with Crippen molar-refractivity contribution in [2.75, 3.05) is 17.9 Å². The molecule has 1 aliphatic rings. The first-order valence-corrected chi connectivity index (χ1v) is 10.6. The third-order valence-electron chi connectivity index (χ3n) is 4.75. The van der Waals surface area contributed by atoms with Gasteiger partial charge in [-0.2, -0.15) is 0 Å². The fraction of sp³-hybridized carbons (Fsp3) is 0.150. The smallest absolute Gasteiger partial charge is 0.265 e. The molecule has 0 aromatic heterocycles. The van der Waals surface area contributed by atoms with Gasteiger partial charge in [0.05, 0.1) is 10.6 Å². The molecule has 0 radical (unpaired) electrons. The second-order valence-electron chi connectivity index (χ2n) is 6.48. The lowest BCUT2D eigenvalue weighted by Crippen LogP contribution is -2.39. The number of likely N-dealkylation sites (N-methyl/N-ethyl adjacent to an activating group) is 1. The second kappa shape index (κ2) is 6.65. The van der Waals surface area contributed by atoms with Crippen molar-refractivity contribution in [3.8, 4) is 0 Å². The Hall–Kier alpha value is -2.38. The first kappa shape index (κ1) is 18.0. The maximum atomic E-state index is 13.0. The normalized spacial score (nSPS) is 14.5. The van der Waals surface area contributed by atoms with E-state index in [2.05, 4.69) is 15.9 Å². The summed E-state index contributed by atoms with van der Waals surface area (Å²) in [6.07, 6.45) is 0. The quantitative estimate of drug-likeness (QED) is 0.615. The average molecular weight is 445 g/mol. The maximum absolute atomic E-state index is 13.0. The Morgan fingerprint density at radius 3 is 2.48 bits per heavy atom. The largest absolute Gasteiger partial charge is 0.340 e. The maximum Gasteiger partial charge on any atom is 0.265 e. The van der Waals surface area contributed by atoms with Gasteiger partial charge in [0, 0.05) is 23.5 Å². The van der Waals surface area contributed by atoms with E-state index in [4.69, 9.17) is 0 Å². The molecule has 1 amide bonds. The van der Waals surface area contributed by atoms with Crippen molar-refractivity contribution < 1.29 is 13.2 Å². The Bertz CT molecular complexity index is 1160. The first-order chi connectivity index (χ1) is 12.9. The molecule has 0 aliphatic carbocycles. The lowest BCUT2D eigenvalue weighted by Gasteiger charge is -2.23. The monoisotopic (exact) mass is 444 g/mol. The van der Waals surface area contributed by atoms with E-state index in [-0.39, 0.29) is 17.3 Å². The number of anilines is 1. The molecule has 0 atom stereocenters. The van der Waals surface area contributed by atoms with Gasteiger partial charge in [-0.3, -0.25) is 9.10 Å². The number of sulfonamides is 1. The SMILES string of the molecule is CN(Cc1ccccc1Br)C(=O)CN1c2cccc3cccc(c23)S1(=O)=O. The summed E-state index contributed by atoms with van der Waals surface area (Å²) >= 11 is 3.47. The number of hydrogen-bond acceptors (Lipinski definition) is 3. The Morgan fingerprint density at radius 1 is 1.04 bits per heavy atom. The minimum Gasteiger partial charge on any atom is -0.340 e. The molecule has 0 unspecified atom stereocenters. The van der Waals surface area contributed by atoms with Gasteiger partial charge >= 0.3 is 0 Å². The molecule has 0 N–H and O–H groups in total. The van der Waals surface area contributed by atoms with Crippen molar-refractivity contribution in [3.63, 3.8) is 0 Å². The summed E-state index contributed by atoms with van der Waals surface area (Å²) < 4.78 is 28.1. The standard InChI is InChI=1S/C20H17BrN2O3S/c1-22(12-15-6-2-3-9-16(15)21)19(24)13-23-17-10-4-7-14-8-5-11-18(20(14)17)27(23,25)26/h2-11H,12-13H2,1H3. The molecule has 0 saturated carbocycles. The summed E-state index contributed by atoms with van der Waals surface area (Å²) in [5.74, 6) is -0.265. The fourth-order valence-corrected chi connectivity index (χ4v) is 5.41. The van der Waals surface area contributed by atoms with E-state index in [0.717, 1.165) is 15.4 Å². The van der Waals surface area contributed by atoms with Crippen LogP contribution in [0.25, 0.3) is 10.8 Å². The molecule has 0 spiro atoms. The molecule has 0 saturated heterocycles. The number of carbonyl (C=O) groups excluding carboxylic acids is 1. The Morgan fingerprint density at radius 2 is 1.74 bits per heavy atom. The minimum atomic E-state index is -3.73. The summed E-state index contributed by atoms with van der Waals surface area (Å²) in [6.45, 7) is 0.169. The number of carbonyl (C=O) groups is 1. The number of amides is 1. The van der Waals surface area contributed by atoms with Crippen LogP contribution >= 0.6 is 15.9 Å². The van der Waals surface area contributed by atoms with E-state index >= 15 is 0 Å². The van der Waals surface area contributed by atoms with E-state index in [1.807, 2.05) is 42.5 Å². The molecule has 1 aliphatic heterocycles. The molecular weight excluding hydrogens is 428 g/mol. The zero-order valence-electron chi connectivity index (χ0n) is 14.6. The fourth-order valence-electron chi connectivity index (χ4n) is 3.34. The molecular formula is C20H17BrN2O3S.